The Morgan fingerprint density at radius 1 is 1.35 bits per heavy atom. The zero-order chi connectivity index (χ0) is 14.5. The third kappa shape index (κ3) is 2.80. The number of benzene rings is 1. The van der Waals surface area contributed by atoms with Crippen LogP contribution in [0.15, 0.2) is 36.5 Å². The summed E-state index contributed by atoms with van der Waals surface area (Å²) in [5.41, 5.74) is 2.79. The van der Waals surface area contributed by atoms with Crippen LogP contribution in [0, 0.1) is 5.82 Å². The van der Waals surface area contributed by atoms with Gasteiger partial charge in [0.05, 0.1) is 18.8 Å². The van der Waals surface area contributed by atoms with E-state index < -0.39 is 0 Å². The Morgan fingerprint density at radius 3 is 2.80 bits per heavy atom. The summed E-state index contributed by atoms with van der Waals surface area (Å²) in [5.74, 6) is 0.369. The average Bonchev–Trinajstić information content (AvgIpc) is 2.49. The number of ether oxygens (including phenoxy) is 1. The van der Waals surface area contributed by atoms with Crippen LogP contribution in [-0.4, -0.2) is 19.1 Å². The molecule has 3 nitrogen and oxygen atoms in total. The van der Waals surface area contributed by atoms with Crippen LogP contribution >= 0.6 is 0 Å². The van der Waals surface area contributed by atoms with E-state index in [2.05, 4.69) is 17.2 Å². The van der Waals surface area contributed by atoms with Gasteiger partial charge in [-0.3, -0.25) is 4.98 Å². The molecule has 0 amide bonds. The molecule has 106 valence electrons. The molecule has 1 atom stereocenters. The number of pyridine rings is 1. The van der Waals surface area contributed by atoms with Gasteiger partial charge in [-0.25, -0.2) is 4.39 Å². The van der Waals surface area contributed by atoms with Crippen molar-refractivity contribution in [1.82, 2.24) is 10.3 Å². The van der Waals surface area contributed by atoms with Crippen molar-refractivity contribution in [3.05, 3.63) is 59.2 Å². The lowest BCUT2D eigenvalue weighted by Gasteiger charge is -2.21. The highest BCUT2D eigenvalue weighted by Gasteiger charge is 2.20. The molecule has 0 spiro atoms. The third-order valence-electron chi connectivity index (χ3n) is 3.37. The number of halogens is 1. The van der Waals surface area contributed by atoms with Crippen molar-refractivity contribution >= 4 is 0 Å². The van der Waals surface area contributed by atoms with E-state index in [4.69, 9.17) is 4.74 Å². The number of rotatable bonds is 5. The molecular weight excluding hydrogens is 255 g/mol. The van der Waals surface area contributed by atoms with Crippen LogP contribution in [0.3, 0.4) is 0 Å². The van der Waals surface area contributed by atoms with Crippen molar-refractivity contribution in [1.29, 1.82) is 0 Å². The Kier molecular flexibility index (Phi) is 4.69. The van der Waals surface area contributed by atoms with Gasteiger partial charge in [-0.2, -0.15) is 0 Å². The SMILES string of the molecule is CCc1cccnc1C(NC)c1cc(F)ccc1OC. The van der Waals surface area contributed by atoms with Gasteiger partial charge >= 0.3 is 0 Å². The minimum Gasteiger partial charge on any atom is -0.496 e. The predicted octanol–water partition coefficient (Wildman–Crippen LogP) is 3.10. The number of methoxy groups -OCH3 is 1. The minimum atomic E-state index is -0.282. The van der Waals surface area contributed by atoms with Crippen LogP contribution in [0.5, 0.6) is 5.75 Å². The van der Waals surface area contributed by atoms with Crippen LogP contribution < -0.4 is 10.1 Å². The average molecular weight is 274 g/mol. The standard InChI is InChI=1S/C16H19FN2O/c1-4-11-6-5-9-19-15(11)16(18-2)13-10-12(17)7-8-14(13)20-3/h5-10,16,18H,4H2,1-3H3. The number of nitrogens with one attached hydrogen (secondary N) is 1. The third-order valence-corrected chi connectivity index (χ3v) is 3.37. The second-order valence-electron chi connectivity index (χ2n) is 4.51. The van der Waals surface area contributed by atoms with E-state index in [0.717, 1.165) is 23.2 Å². The maximum atomic E-state index is 13.6. The summed E-state index contributed by atoms with van der Waals surface area (Å²) >= 11 is 0. The van der Waals surface area contributed by atoms with Crippen molar-refractivity contribution < 1.29 is 9.13 Å². The van der Waals surface area contributed by atoms with Crippen LogP contribution in [0.1, 0.15) is 29.8 Å². The molecule has 1 aromatic carbocycles. The smallest absolute Gasteiger partial charge is 0.124 e. The largest absolute Gasteiger partial charge is 0.496 e. The molecule has 4 heteroatoms. The topological polar surface area (TPSA) is 34.2 Å². The van der Waals surface area contributed by atoms with E-state index in [1.807, 2.05) is 19.2 Å². The molecule has 1 heterocycles. The predicted molar refractivity (Wildman–Crippen MR) is 77.5 cm³/mol. The number of aromatic nitrogens is 1. The monoisotopic (exact) mass is 274 g/mol. The van der Waals surface area contributed by atoms with Gasteiger partial charge in [0.15, 0.2) is 0 Å². The van der Waals surface area contributed by atoms with Crippen molar-refractivity contribution in [3.8, 4) is 5.75 Å². The van der Waals surface area contributed by atoms with E-state index in [1.54, 1.807) is 19.4 Å². The van der Waals surface area contributed by atoms with Crippen molar-refractivity contribution in [2.45, 2.75) is 19.4 Å². The highest BCUT2D eigenvalue weighted by Crippen LogP contribution is 2.31. The molecule has 2 rings (SSSR count). The first kappa shape index (κ1) is 14.5. The number of aryl methyl sites for hydroxylation is 1. The van der Waals surface area contributed by atoms with Gasteiger partial charge in [0, 0.05) is 11.8 Å². The summed E-state index contributed by atoms with van der Waals surface area (Å²) in [6.45, 7) is 2.08. The van der Waals surface area contributed by atoms with Crippen molar-refractivity contribution in [2.75, 3.05) is 14.2 Å². The van der Waals surface area contributed by atoms with Gasteiger partial charge in [-0.05, 0) is 43.3 Å². The molecule has 2 aromatic rings. The van der Waals surface area contributed by atoms with Gasteiger partial charge < -0.3 is 10.1 Å². The molecule has 1 unspecified atom stereocenters. The Labute approximate surface area is 118 Å². The van der Waals surface area contributed by atoms with Gasteiger partial charge in [-0.15, -0.1) is 0 Å². The fraction of sp³-hybridized carbons (Fsp3) is 0.312. The number of hydrogen-bond acceptors (Lipinski definition) is 3. The van der Waals surface area contributed by atoms with Gasteiger partial charge in [0.1, 0.15) is 11.6 Å². The lowest BCUT2D eigenvalue weighted by molar-refractivity contribution is 0.403. The van der Waals surface area contributed by atoms with E-state index in [1.165, 1.54) is 12.1 Å². The normalized spacial score (nSPS) is 12.2. The molecule has 0 bridgehead atoms. The zero-order valence-corrected chi connectivity index (χ0v) is 12.0. The molecular formula is C16H19FN2O. The summed E-state index contributed by atoms with van der Waals surface area (Å²) in [5, 5.41) is 3.20. The molecule has 0 saturated heterocycles. The fourth-order valence-corrected chi connectivity index (χ4v) is 2.38. The van der Waals surface area contributed by atoms with Crippen LogP contribution in [0.25, 0.3) is 0 Å². The molecule has 0 aliphatic rings. The van der Waals surface area contributed by atoms with E-state index in [-0.39, 0.29) is 11.9 Å². The first-order valence-electron chi connectivity index (χ1n) is 6.65. The summed E-state index contributed by atoms with van der Waals surface area (Å²) in [4.78, 5) is 4.46. The highest BCUT2D eigenvalue weighted by atomic mass is 19.1. The van der Waals surface area contributed by atoms with E-state index in [9.17, 15) is 4.39 Å². The van der Waals surface area contributed by atoms with Crippen molar-refractivity contribution in [3.63, 3.8) is 0 Å². The molecule has 0 fully saturated rings. The summed E-state index contributed by atoms with van der Waals surface area (Å²) in [7, 11) is 3.42. The lowest BCUT2D eigenvalue weighted by Crippen LogP contribution is -2.21. The Morgan fingerprint density at radius 2 is 2.15 bits per heavy atom. The lowest BCUT2D eigenvalue weighted by atomic mass is 9.97. The maximum Gasteiger partial charge on any atom is 0.124 e. The van der Waals surface area contributed by atoms with E-state index >= 15 is 0 Å². The second kappa shape index (κ2) is 6.48. The molecule has 0 radical (unpaired) electrons. The quantitative estimate of drug-likeness (QED) is 0.909. The van der Waals surface area contributed by atoms with Gasteiger partial charge in [0.2, 0.25) is 0 Å². The summed E-state index contributed by atoms with van der Waals surface area (Å²) in [6, 6.07) is 8.29. The molecule has 0 aliphatic carbocycles. The first-order chi connectivity index (χ1) is 9.71. The summed E-state index contributed by atoms with van der Waals surface area (Å²) < 4.78 is 18.9. The van der Waals surface area contributed by atoms with Crippen LogP contribution in [-0.2, 0) is 6.42 Å². The molecule has 20 heavy (non-hydrogen) atoms. The summed E-state index contributed by atoms with van der Waals surface area (Å²) in [6.07, 6.45) is 2.63. The highest BCUT2D eigenvalue weighted by molar-refractivity contribution is 5.42. The Hall–Kier alpha value is -1.94. The number of nitrogens with zero attached hydrogens (tertiary/aromatic N) is 1. The van der Waals surface area contributed by atoms with Gasteiger partial charge in [0.25, 0.3) is 0 Å². The van der Waals surface area contributed by atoms with Gasteiger partial charge in [-0.1, -0.05) is 13.0 Å². The maximum absolute atomic E-state index is 13.6. The zero-order valence-electron chi connectivity index (χ0n) is 12.0. The van der Waals surface area contributed by atoms with E-state index in [0.29, 0.717) is 5.75 Å². The van der Waals surface area contributed by atoms with Crippen LogP contribution in [0.2, 0.25) is 0 Å². The number of hydrogen-bond donors (Lipinski definition) is 1. The Bertz CT molecular complexity index is 586. The Balaban J connectivity index is 2.55. The molecule has 0 saturated carbocycles. The molecule has 1 N–H and O–H groups in total. The minimum absolute atomic E-state index is 0.197. The van der Waals surface area contributed by atoms with Crippen molar-refractivity contribution in [2.24, 2.45) is 0 Å². The fourth-order valence-electron chi connectivity index (χ4n) is 2.38. The molecule has 0 aliphatic heterocycles. The van der Waals surface area contributed by atoms with Crippen LogP contribution in [0.4, 0.5) is 4.39 Å². The second-order valence-corrected chi connectivity index (χ2v) is 4.51. The molecule has 1 aromatic heterocycles. The first-order valence-corrected chi connectivity index (χ1v) is 6.65.